The van der Waals surface area contributed by atoms with E-state index in [1.54, 1.807) is 13.8 Å². The van der Waals surface area contributed by atoms with E-state index in [9.17, 15) is 24.6 Å². The summed E-state index contributed by atoms with van der Waals surface area (Å²) in [5.41, 5.74) is -4.37. The normalized spacial score (nSPS) is 66.1. The molecule has 8 fully saturated rings. The largest absolute Gasteiger partial charge is 0.459 e. The Balaban J connectivity index is 1.23. The minimum atomic E-state index is -1.83. The van der Waals surface area contributed by atoms with Crippen LogP contribution in [0.1, 0.15) is 53.4 Å². The zero-order valence-electron chi connectivity index (χ0n) is 21.0. The molecule has 4 aliphatic carbocycles. The van der Waals surface area contributed by atoms with Gasteiger partial charge in [-0.15, -0.1) is 0 Å². The van der Waals surface area contributed by atoms with E-state index < -0.39 is 46.8 Å². The number of carbonyl (C=O) groups is 3. The molecule has 4 heterocycles. The standard InChI is InChI=1S/C27H34O9/c1-9-10(2)23(30)34-20(9)22-25(4,31)19-14-5-12-11-6-17-27(32)21(29)15(33-17)7-16(28)24(27,3)13(11)8-26(35-14,36-22)18(12)19/h9-15,17-20,22,31-32H,5-8H2,1-4H3/t9-,10-,11+,12+,13+,14+,15-,17+,18+,19+,20?,22?,24+,25-,26?,27+/m1/s1. The average molecular weight is 503 g/mol. The summed E-state index contributed by atoms with van der Waals surface area (Å²) in [4.78, 5) is 39.2. The number of fused-ring (bicyclic) bond motifs is 4. The van der Waals surface area contributed by atoms with Crippen molar-refractivity contribution in [3.63, 3.8) is 0 Å². The van der Waals surface area contributed by atoms with Crippen molar-refractivity contribution in [1.29, 1.82) is 0 Å². The fourth-order valence-electron chi connectivity index (χ4n) is 10.5. The van der Waals surface area contributed by atoms with E-state index in [4.69, 9.17) is 18.9 Å². The fourth-order valence-corrected chi connectivity index (χ4v) is 10.5. The molecule has 36 heavy (non-hydrogen) atoms. The van der Waals surface area contributed by atoms with Crippen molar-refractivity contribution in [3.05, 3.63) is 0 Å². The van der Waals surface area contributed by atoms with E-state index in [1.807, 2.05) is 13.8 Å². The Morgan fingerprint density at radius 3 is 2.42 bits per heavy atom. The van der Waals surface area contributed by atoms with E-state index in [2.05, 4.69) is 0 Å². The van der Waals surface area contributed by atoms with E-state index in [0.717, 1.165) is 6.42 Å². The summed E-state index contributed by atoms with van der Waals surface area (Å²) in [7, 11) is 0. The van der Waals surface area contributed by atoms with Crippen LogP contribution >= 0.6 is 0 Å². The SMILES string of the molecule is C[C@H]1C(=O)OC(C2OC34C[C@H]5[C@@H](C[C@@H]6O[C@@H]7CC(=O)[C@@]5(C)[C@@]6(O)C7=O)[C@@H]5C[C@H](O3)[C@@H]([C@H]54)[C@@]2(C)O)[C@@H]1C. The highest BCUT2D eigenvalue weighted by atomic mass is 16.7. The van der Waals surface area contributed by atoms with Crippen molar-refractivity contribution in [2.24, 2.45) is 46.8 Å². The van der Waals surface area contributed by atoms with Crippen LogP contribution in [0.3, 0.4) is 0 Å². The Morgan fingerprint density at radius 1 is 0.972 bits per heavy atom. The Hall–Kier alpha value is -1.39. The molecule has 6 bridgehead atoms. The summed E-state index contributed by atoms with van der Waals surface area (Å²) < 4.78 is 25.2. The lowest BCUT2D eigenvalue weighted by atomic mass is 9.43. The first-order valence-electron chi connectivity index (χ1n) is 13.6. The van der Waals surface area contributed by atoms with Gasteiger partial charge in [0.05, 0.1) is 29.1 Å². The number of carbonyl (C=O) groups excluding carboxylic acids is 3. The fraction of sp³-hybridized carbons (Fsp3) is 0.889. The second-order valence-corrected chi connectivity index (χ2v) is 13.5. The maximum absolute atomic E-state index is 13.6. The molecule has 0 aromatic rings. The molecule has 0 aromatic carbocycles. The molecule has 16 atom stereocenters. The Labute approximate surface area is 209 Å². The quantitative estimate of drug-likeness (QED) is 0.500. The van der Waals surface area contributed by atoms with Crippen LogP contribution < -0.4 is 0 Å². The smallest absolute Gasteiger partial charge is 0.309 e. The molecule has 4 saturated carbocycles. The van der Waals surface area contributed by atoms with Crippen molar-refractivity contribution in [1.82, 2.24) is 0 Å². The summed E-state index contributed by atoms with van der Waals surface area (Å²) in [6, 6.07) is 0. The van der Waals surface area contributed by atoms with Gasteiger partial charge in [0.1, 0.15) is 24.1 Å². The third kappa shape index (κ3) is 2.10. The average Bonchev–Trinajstić information content (AvgIpc) is 3.48. The number of esters is 1. The molecular weight excluding hydrogens is 468 g/mol. The molecular formula is C27H34O9. The molecule has 196 valence electrons. The van der Waals surface area contributed by atoms with Gasteiger partial charge in [0.25, 0.3) is 0 Å². The Kier molecular flexibility index (Phi) is 3.92. The van der Waals surface area contributed by atoms with Crippen LogP contribution in [0.25, 0.3) is 0 Å². The zero-order chi connectivity index (χ0) is 25.3. The molecule has 2 N–H and O–H groups in total. The highest BCUT2D eigenvalue weighted by Crippen LogP contribution is 2.74. The molecule has 8 aliphatic rings. The number of cyclic esters (lactones) is 1. The monoisotopic (exact) mass is 502 g/mol. The topological polar surface area (TPSA) is 129 Å². The molecule has 0 spiro atoms. The lowest BCUT2D eigenvalue weighted by Crippen LogP contribution is -2.74. The Bertz CT molecular complexity index is 1120. The maximum Gasteiger partial charge on any atom is 0.309 e. The summed E-state index contributed by atoms with van der Waals surface area (Å²) >= 11 is 0. The minimum absolute atomic E-state index is 0.00378. The van der Waals surface area contributed by atoms with Crippen LogP contribution in [-0.4, -0.2) is 75.3 Å². The van der Waals surface area contributed by atoms with E-state index in [-0.39, 0.29) is 71.5 Å². The first kappa shape index (κ1) is 22.6. The van der Waals surface area contributed by atoms with Gasteiger partial charge in [-0.1, -0.05) is 13.8 Å². The van der Waals surface area contributed by atoms with E-state index >= 15 is 0 Å². The van der Waals surface area contributed by atoms with Crippen molar-refractivity contribution in [2.75, 3.05) is 0 Å². The van der Waals surface area contributed by atoms with Gasteiger partial charge < -0.3 is 29.2 Å². The third-order valence-corrected chi connectivity index (χ3v) is 12.4. The van der Waals surface area contributed by atoms with Crippen LogP contribution in [0.5, 0.6) is 0 Å². The molecule has 9 heteroatoms. The number of ether oxygens (including phenoxy) is 4. The molecule has 8 rings (SSSR count). The first-order chi connectivity index (χ1) is 16.9. The third-order valence-electron chi connectivity index (χ3n) is 12.4. The number of rotatable bonds is 1. The highest BCUT2D eigenvalue weighted by Gasteiger charge is 2.83. The van der Waals surface area contributed by atoms with Crippen molar-refractivity contribution in [3.8, 4) is 0 Å². The Morgan fingerprint density at radius 2 is 1.72 bits per heavy atom. The van der Waals surface area contributed by atoms with Crippen molar-refractivity contribution < 1.29 is 43.5 Å². The summed E-state index contributed by atoms with van der Waals surface area (Å²) in [6.45, 7) is 7.32. The number of hydrogen-bond donors (Lipinski definition) is 2. The molecule has 9 nitrogen and oxygen atoms in total. The first-order valence-corrected chi connectivity index (χ1v) is 13.6. The highest BCUT2D eigenvalue weighted by molar-refractivity contribution is 6.08. The molecule has 4 saturated heterocycles. The predicted molar refractivity (Wildman–Crippen MR) is 119 cm³/mol. The van der Waals surface area contributed by atoms with Crippen LogP contribution in [0, 0.1) is 46.8 Å². The number of Topliss-reactive ketones (excluding diaryl/α,β-unsaturated/α-hetero) is 2. The van der Waals surface area contributed by atoms with Gasteiger partial charge in [0, 0.05) is 30.6 Å². The van der Waals surface area contributed by atoms with Crippen LogP contribution in [0.15, 0.2) is 0 Å². The van der Waals surface area contributed by atoms with Crippen molar-refractivity contribution >= 4 is 17.5 Å². The molecule has 4 aliphatic heterocycles. The van der Waals surface area contributed by atoms with Gasteiger partial charge >= 0.3 is 5.97 Å². The lowest BCUT2D eigenvalue weighted by molar-refractivity contribution is -0.369. The van der Waals surface area contributed by atoms with Gasteiger partial charge in [-0.3, -0.25) is 14.4 Å². The second kappa shape index (κ2) is 6.25. The predicted octanol–water partition coefficient (Wildman–Crippen LogP) is 0.768. The summed E-state index contributed by atoms with van der Waals surface area (Å²) in [5, 5.41) is 23.8. The van der Waals surface area contributed by atoms with Crippen LogP contribution in [0.2, 0.25) is 0 Å². The van der Waals surface area contributed by atoms with Gasteiger partial charge in [-0.25, -0.2) is 0 Å². The summed E-state index contributed by atoms with van der Waals surface area (Å²) in [6.07, 6.45) is -1.50. The summed E-state index contributed by atoms with van der Waals surface area (Å²) in [5.74, 6) is -2.64. The lowest BCUT2D eigenvalue weighted by Gasteiger charge is -2.64. The zero-order valence-corrected chi connectivity index (χ0v) is 21.0. The second-order valence-electron chi connectivity index (χ2n) is 13.5. The maximum atomic E-state index is 13.6. The van der Waals surface area contributed by atoms with Gasteiger partial charge in [-0.2, -0.15) is 0 Å². The molecule has 3 unspecified atom stereocenters. The van der Waals surface area contributed by atoms with E-state index in [0.29, 0.717) is 12.8 Å². The van der Waals surface area contributed by atoms with Gasteiger partial charge in [0.2, 0.25) is 0 Å². The number of ketones is 2. The van der Waals surface area contributed by atoms with E-state index in [1.165, 1.54) is 0 Å². The minimum Gasteiger partial charge on any atom is -0.459 e. The van der Waals surface area contributed by atoms with Crippen molar-refractivity contribution in [2.45, 2.75) is 101 Å². The molecule has 0 aromatic heterocycles. The van der Waals surface area contributed by atoms with Gasteiger partial charge in [0.15, 0.2) is 17.2 Å². The number of aliphatic hydroxyl groups is 2. The number of hydrogen-bond acceptors (Lipinski definition) is 9. The van der Waals surface area contributed by atoms with Crippen LogP contribution in [-0.2, 0) is 33.3 Å². The molecule has 0 amide bonds. The van der Waals surface area contributed by atoms with Crippen LogP contribution in [0.4, 0.5) is 0 Å². The van der Waals surface area contributed by atoms with Gasteiger partial charge in [-0.05, 0) is 44.4 Å². The molecule has 0 radical (unpaired) electrons.